The van der Waals surface area contributed by atoms with E-state index in [2.05, 4.69) is 6.92 Å². The summed E-state index contributed by atoms with van der Waals surface area (Å²) >= 11 is 0. The monoisotopic (exact) mass is 188 g/mol. The molecule has 1 rings (SSSR count). The molecule has 0 aliphatic heterocycles. The first-order valence-corrected chi connectivity index (χ1v) is 5.99. The van der Waals surface area contributed by atoms with Crippen LogP contribution in [0.3, 0.4) is 0 Å². The first-order valence-electron chi connectivity index (χ1n) is 5.99. The van der Waals surface area contributed by atoms with Crippen LogP contribution in [0, 0.1) is 0 Å². The van der Waals surface area contributed by atoms with Gasteiger partial charge in [0, 0.05) is 0 Å². The first-order chi connectivity index (χ1) is 6.27. The average molecular weight is 188 g/mol. The maximum atomic E-state index is 9.54. The normalized spacial score (nSPS) is 17.1. The van der Waals surface area contributed by atoms with Gasteiger partial charge in [-0.2, -0.15) is 0 Å². The highest BCUT2D eigenvalue weighted by Crippen LogP contribution is 2.35. The molecule has 0 bridgehead atoms. The molecule has 1 nitrogen and oxygen atoms in total. The third kappa shape index (κ3) is 7.06. The van der Waals surface area contributed by atoms with Crippen molar-refractivity contribution in [3.05, 3.63) is 0 Å². The summed E-state index contributed by atoms with van der Waals surface area (Å²) in [5.74, 6) is 0. The molecule has 0 saturated heterocycles. The van der Waals surface area contributed by atoms with E-state index >= 15 is 0 Å². The Kier molecular flexibility index (Phi) is 11.9. The van der Waals surface area contributed by atoms with Crippen LogP contribution < -0.4 is 0 Å². The summed E-state index contributed by atoms with van der Waals surface area (Å²) in [6.07, 6.45) is 6.77. The van der Waals surface area contributed by atoms with E-state index < -0.39 is 0 Å². The number of rotatable bonds is 3. The van der Waals surface area contributed by atoms with Crippen LogP contribution >= 0.6 is 0 Å². The maximum absolute atomic E-state index is 9.54. The van der Waals surface area contributed by atoms with Crippen molar-refractivity contribution >= 4 is 0 Å². The lowest BCUT2D eigenvalue weighted by atomic mass is 9.77. The number of hydrogen-bond donors (Lipinski definition) is 1. The van der Waals surface area contributed by atoms with Gasteiger partial charge in [-0.15, -0.1) is 0 Å². The smallest absolute Gasteiger partial charge is 0.0647 e. The van der Waals surface area contributed by atoms with Crippen molar-refractivity contribution in [2.45, 2.75) is 78.7 Å². The lowest BCUT2D eigenvalue weighted by Crippen LogP contribution is -2.36. The third-order valence-electron chi connectivity index (χ3n) is 2.28. The molecule has 1 saturated carbocycles. The predicted molar refractivity (Wildman–Crippen MR) is 61.0 cm³/mol. The molecule has 0 heterocycles. The zero-order valence-electron chi connectivity index (χ0n) is 10.2. The summed E-state index contributed by atoms with van der Waals surface area (Å²) in [7, 11) is 0. The Hall–Kier alpha value is -0.0400. The molecule has 1 aliphatic rings. The molecule has 0 aromatic heterocycles. The van der Waals surface area contributed by atoms with Crippen molar-refractivity contribution in [3.8, 4) is 0 Å². The van der Waals surface area contributed by atoms with Crippen LogP contribution in [0.4, 0.5) is 0 Å². The quantitative estimate of drug-likeness (QED) is 0.705. The van der Waals surface area contributed by atoms with Crippen LogP contribution in [0.15, 0.2) is 0 Å². The zero-order valence-corrected chi connectivity index (χ0v) is 10.2. The highest BCUT2D eigenvalue weighted by Gasteiger charge is 2.32. The molecule has 0 radical (unpaired) electrons. The van der Waals surface area contributed by atoms with Crippen LogP contribution in [0.1, 0.15) is 73.1 Å². The molecular formula is C12H28O. The van der Waals surface area contributed by atoms with E-state index in [9.17, 15) is 5.11 Å². The molecule has 0 atom stereocenters. The van der Waals surface area contributed by atoms with Gasteiger partial charge in [0.05, 0.1) is 5.60 Å². The SMILES string of the molecule is CC.CC.CCCCC1(O)CCC1. The fourth-order valence-electron chi connectivity index (χ4n) is 1.34. The lowest BCUT2D eigenvalue weighted by Gasteiger charge is -2.36. The molecule has 1 aliphatic carbocycles. The summed E-state index contributed by atoms with van der Waals surface area (Å²) in [5.41, 5.74) is -0.226. The van der Waals surface area contributed by atoms with Gasteiger partial charge in [0.2, 0.25) is 0 Å². The van der Waals surface area contributed by atoms with Crippen molar-refractivity contribution < 1.29 is 5.11 Å². The predicted octanol–water partition coefficient (Wildman–Crippen LogP) is 4.14. The van der Waals surface area contributed by atoms with E-state index in [0.717, 1.165) is 19.3 Å². The van der Waals surface area contributed by atoms with E-state index in [4.69, 9.17) is 0 Å². The molecule has 0 aromatic carbocycles. The van der Waals surface area contributed by atoms with Crippen LogP contribution in [0.5, 0.6) is 0 Å². The minimum atomic E-state index is -0.226. The number of hydrogen-bond acceptors (Lipinski definition) is 1. The molecule has 0 aromatic rings. The van der Waals surface area contributed by atoms with Crippen LogP contribution in [-0.4, -0.2) is 10.7 Å². The minimum absolute atomic E-state index is 0.226. The maximum Gasteiger partial charge on any atom is 0.0647 e. The Morgan fingerprint density at radius 1 is 1.08 bits per heavy atom. The second-order valence-corrected chi connectivity index (χ2v) is 3.18. The number of unbranched alkanes of at least 4 members (excludes halogenated alkanes) is 1. The molecule has 1 fully saturated rings. The van der Waals surface area contributed by atoms with E-state index in [0.29, 0.717) is 0 Å². The van der Waals surface area contributed by atoms with Gasteiger partial charge in [0.1, 0.15) is 0 Å². The van der Waals surface area contributed by atoms with Gasteiger partial charge in [-0.1, -0.05) is 47.5 Å². The molecular weight excluding hydrogens is 160 g/mol. The fraction of sp³-hybridized carbons (Fsp3) is 1.00. The summed E-state index contributed by atoms with van der Waals surface area (Å²) in [4.78, 5) is 0. The van der Waals surface area contributed by atoms with Gasteiger partial charge in [0.15, 0.2) is 0 Å². The van der Waals surface area contributed by atoms with E-state index in [1.807, 2.05) is 27.7 Å². The summed E-state index contributed by atoms with van der Waals surface area (Å²) in [6, 6.07) is 0. The van der Waals surface area contributed by atoms with Crippen LogP contribution in [0.25, 0.3) is 0 Å². The Morgan fingerprint density at radius 2 is 1.54 bits per heavy atom. The van der Waals surface area contributed by atoms with Crippen molar-refractivity contribution in [2.75, 3.05) is 0 Å². The van der Waals surface area contributed by atoms with E-state index in [-0.39, 0.29) is 5.60 Å². The number of aliphatic hydroxyl groups is 1. The van der Waals surface area contributed by atoms with Gasteiger partial charge >= 0.3 is 0 Å². The Balaban J connectivity index is 0. The summed E-state index contributed by atoms with van der Waals surface area (Å²) in [6.45, 7) is 10.2. The Labute approximate surface area is 84.6 Å². The summed E-state index contributed by atoms with van der Waals surface area (Å²) in [5, 5.41) is 9.54. The lowest BCUT2D eigenvalue weighted by molar-refractivity contribution is -0.0416. The van der Waals surface area contributed by atoms with Crippen molar-refractivity contribution in [1.29, 1.82) is 0 Å². The topological polar surface area (TPSA) is 20.2 Å². The van der Waals surface area contributed by atoms with E-state index in [1.165, 1.54) is 19.3 Å². The molecule has 0 unspecified atom stereocenters. The molecule has 82 valence electrons. The Morgan fingerprint density at radius 3 is 1.77 bits per heavy atom. The molecule has 1 heteroatoms. The van der Waals surface area contributed by atoms with Crippen molar-refractivity contribution in [3.63, 3.8) is 0 Å². The molecule has 0 spiro atoms. The third-order valence-corrected chi connectivity index (χ3v) is 2.28. The zero-order chi connectivity index (χ0) is 10.7. The van der Waals surface area contributed by atoms with Gasteiger partial charge in [0.25, 0.3) is 0 Å². The highest BCUT2D eigenvalue weighted by molar-refractivity contribution is 4.86. The van der Waals surface area contributed by atoms with Gasteiger partial charge in [-0.25, -0.2) is 0 Å². The van der Waals surface area contributed by atoms with Crippen LogP contribution in [0.2, 0.25) is 0 Å². The van der Waals surface area contributed by atoms with Crippen molar-refractivity contribution in [1.82, 2.24) is 0 Å². The largest absolute Gasteiger partial charge is 0.390 e. The van der Waals surface area contributed by atoms with Gasteiger partial charge in [-0.3, -0.25) is 0 Å². The first kappa shape index (κ1) is 15.4. The second kappa shape index (κ2) is 10.0. The minimum Gasteiger partial charge on any atom is -0.390 e. The van der Waals surface area contributed by atoms with Crippen molar-refractivity contribution in [2.24, 2.45) is 0 Å². The standard InChI is InChI=1S/C8H16O.2C2H6/c1-2-3-5-8(9)6-4-7-8;2*1-2/h9H,2-7H2,1H3;2*1-2H3. The highest BCUT2D eigenvalue weighted by atomic mass is 16.3. The fourth-order valence-corrected chi connectivity index (χ4v) is 1.34. The molecule has 13 heavy (non-hydrogen) atoms. The Bertz CT molecular complexity index is 85.1. The average Bonchev–Trinajstić information content (AvgIpc) is 2.18. The van der Waals surface area contributed by atoms with Gasteiger partial charge in [-0.05, 0) is 25.7 Å². The molecule has 0 amide bonds. The summed E-state index contributed by atoms with van der Waals surface area (Å²) < 4.78 is 0. The van der Waals surface area contributed by atoms with Gasteiger partial charge < -0.3 is 5.11 Å². The second-order valence-electron chi connectivity index (χ2n) is 3.18. The van der Waals surface area contributed by atoms with Crippen LogP contribution in [-0.2, 0) is 0 Å². The molecule has 1 N–H and O–H groups in total. The van der Waals surface area contributed by atoms with E-state index in [1.54, 1.807) is 0 Å².